The number of hydrogen-bond acceptors (Lipinski definition) is 3. The Morgan fingerprint density at radius 1 is 1.58 bits per heavy atom. The Hall–Kier alpha value is -0.960. The quantitative estimate of drug-likeness (QED) is 0.731. The average Bonchev–Trinajstić information content (AvgIpc) is 2.03. The lowest BCUT2D eigenvalue weighted by Gasteiger charge is -2.05. The van der Waals surface area contributed by atoms with Crippen LogP contribution in [0.3, 0.4) is 0 Å². The summed E-state index contributed by atoms with van der Waals surface area (Å²) in [6.45, 7) is 3.75. The van der Waals surface area contributed by atoms with Crippen molar-refractivity contribution in [3.63, 3.8) is 0 Å². The zero-order chi connectivity index (χ0) is 8.97. The molecule has 0 unspecified atom stereocenters. The van der Waals surface area contributed by atoms with Crippen LogP contribution in [0.5, 0.6) is 0 Å². The van der Waals surface area contributed by atoms with E-state index in [-0.39, 0.29) is 6.10 Å². The van der Waals surface area contributed by atoms with Crippen LogP contribution in [0.1, 0.15) is 24.6 Å². The molecule has 12 heavy (non-hydrogen) atoms. The molecule has 1 N–H and O–H groups in total. The van der Waals surface area contributed by atoms with Gasteiger partial charge < -0.3 is 5.11 Å². The second kappa shape index (κ2) is 4.16. The molecule has 1 atom stereocenters. The van der Waals surface area contributed by atoms with E-state index in [1.807, 2.05) is 13.1 Å². The Morgan fingerprint density at radius 3 is 2.92 bits per heavy atom. The van der Waals surface area contributed by atoms with Gasteiger partial charge >= 0.3 is 0 Å². The van der Waals surface area contributed by atoms with Gasteiger partial charge in [0, 0.05) is 11.9 Å². The maximum absolute atomic E-state index is 9.06. The summed E-state index contributed by atoms with van der Waals surface area (Å²) >= 11 is 0. The van der Waals surface area contributed by atoms with Crippen LogP contribution < -0.4 is 0 Å². The highest BCUT2D eigenvalue weighted by Crippen LogP contribution is 2.06. The third kappa shape index (κ3) is 2.58. The molecule has 1 aromatic heterocycles. The lowest BCUT2D eigenvalue weighted by Crippen LogP contribution is -2.03. The minimum absolute atomic E-state index is 0.246. The van der Waals surface area contributed by atoms with Gasteiger partial charge in [-0.05, 0) is 32.3 Å². The fourth-order valence-corrected chi connectivity index (χ4v) is 1.03. The summed E-state index contributed by atoms with van der Waals surface area (Å²) in [5.74, 6) is 0. The molecule has 0 spiro atoms. The number of aliphatic hydroxyl groups is 1. The summed E-state index contributed by atoms with van der Waals surface area (Å²) < 4.78 is 0. The van der Waals surface area contributed by atoms with Crippen molar-refractivity contribution in [3.8, 4) is 0 Å². The van der Waals surface area contributed by atoms with Crippen molar-refractivity contribution < 1.29 is 5.11 Å². The van der Waals surface area contributed by atoms with Gasteiger partial charge in [0.05, 0.1) is 6.10 Å². The highest BCUT2D eigenvalue weighted by atomic mass is 16.3. The Labute approximate surface area is 72.5 Å². The topological polar surface area (TPSA) is 46.0 Å². The summed E-state index contributed by atoms with van der Waals surface area (Å²) in [5.41, 5.74) is 2.13. The zero-order valence-corrected chi connectivity index (χ0v) is 7.49. The first-order chi connectivity index (χ1) is 5.70. The smallest absolute Gasteiger partial charge is 0.115 e. The SMILES string of the molecule is Cc1ncncc1CC[C@@H](C)O. The molecule has 0 aliphatic rings. The predicted molar refractivity (Wildman–Crippen MR) is 46.8 cm³/mol. The van der Waals surface area contributed by atoms with Gasteiger partial charge in [0.25, 0.3) is 0 Å². The Morgan fingerprint density at radius 2 is 2.33 bits per heavy atom. The molecule has 1 aromatic rings. The zero-order valence-electron chi connectivity index (χ0n) is 7.49. The molecule has 66 valence electrons. The van der Waals surface area contributed by atoms with Crippen molar-refractivity contribution in [1.29, 1.82) is 0 Å². The average molecular weight is 166 g/mol. The molecule has 0 aliphatic heterocycles. The molecule has 0 saturated heterocycles. The number of hydrogen-bond donors (Lipinski definition) is 1. The second-order valence-corrected chi connectivity index (χ2v) is 3.02. The first-order valence-corrected chi connectivity index (χ1v) is 4.13. The number of rotatable bonds is 3. The molecule has 3 nitrogen and oxygen atoms in total. The van der Waals surface area contributed by atoms with Crippen LogP contribution in [0.25, 0.3) is 0 Å². The predicted octanol–water partition coefficient (Wildman–Crippen LogP) is 1.10. The summed E-state index contributed by atoms with van der Waals surface area (Å²) in [7, 11) is 0. The maximum Gasteiger partial charge on any atom is 0.115 e. The van der Waals surface area contributed by atoms with Gasteiger partial charge in [0.2, 0.25) is 0 Å². The monoisotopic (exact) mass is 166 g/mol. The van der Waals surface area contributed by atoms with Crippen molar-refractivity contribution in [2.45, 2.75) is 32.8 Å². The van der Waals surface area contributed by atoms with Crippen molar-refractivity contribution in [1.82, 2.24) is 9.97 Å². The number of aromatic nitrogens is 2. The van der Waals surface area contributed by atoms with Crippen molar-refractivity contribution in [3.05, 3.63) is 23.8 Å². The van der Waals surface area contributed by atoms with E-state index >= 15 is 0 Å². The highest BCUT2D eigenvalue weighted by Gasteiger charge is 2.01. The molecule has 0 bridgehead atoms. The molecule has 0 saturated carbocycles. The van der Waals surface area contributed by atoms with Gasteiger partial charge in [-0.1, -0.05) is 0 Å². The second-order valence-electron chi connectivity index (χ2n) is 3.02. The van der Waals surface area contributed by atoms with Crippen LogP contribution in [-0.2, 0) is 6.42 Å². The molecule has 0 amide bonds. The molecule has 1 rings (SSSR count). The van der Waals surface area contributed by atoms with E-state index in [9.17, 15) is 0 Å². The minimum Gasteiger partial charge on any atom is -0.393 e. The van der Waals surface area contributed by atoms with Crippen LogP contribution >= 0.6 is 0 Å². The van der Waals surface area contributed by atoms with Gasteiger partial charge in [0.1, 0.15) is 6.33 Å². The molecular weight excluding hydrogens is 152 g/mol. The molecule has 1 heterocycles. The van der Waals surface area contributed by atoms with Crippen molar-refractivity contribution in [2.24, 2.45) is 0 Å². The largest absolute Gasteiger partial charge is 0.393 e. The Balaban J connectivity index is 2.57. The van der Waals surface area contributed by atoms with Crippen LogP contribution in [0, 0.1) is 6.92 Å². The molecule has 3 heteroatoms. The van der Waals surface area contributed by atoms with Gasteiger partial charge in [0.15, 0.2) is 0 Å². The van der Waals surface area contributed by atoms with Crippen molar-refractivity contribution >= 4 is 0 Å². The van der Waals surface area contributed by atoms with Crippen LogP contribution in [-0.4, -0.2) is 21.2 Å². The number of aryl methyl sites for hydroxylation is 2. The lowest BCUT2D eigenvalue weighted by atomic mass is 10.1. The molecule has 0 radical (unpaired) electrons. The van der Waals surface area contributed by atoms with E-state index in [1.165, 1.54) is 0 Å². The van der Waals surface area contributed by atoms with E-state index < -0.39 is 0 Å². The summed E-state index contributed by atoms with van der Waals surface area (Å²) in [6, 6.07) is 0. The van der Waals surface area contributed by atoms with Gasteiger partial charge in [-0.2, -0.15) is 0 Å². The normalized spacial score (nSPS) is 12.9. The Kier molecular flexibility index (Phi) is 3.17. The van der Waals surface area contributed by atoms with Gasteiger partial charge in [-0.25, -0.2) is 9.97 Å². The van der Waals surface area contributed by atoms with E-state index in [2.05, 4.69) is 9.97 Å². The van der Waals surface area contributed by atoms with Crippen molar-refractivity contribution in [2.75, 3.05) is 0 Å². The van der Waals surface area contributed by atoms with Gasteiger partial charge in [-0.15, -0.1) is 0 Å². The summed E-state index contributed by atoms with van der Waals surface area (Å²) in [5, 5.41) is 9.06. The van der Waals surface area contributed by atoms with E-state index in [0.29, 0.717) is 0 Å². The molecule has 0 aromatic carbocycles. The Bertz CT molecular complexity index is 248. The third-order valence-corrected chi connectivity index (χ3v) is 1.84. The highest BCUT2D eigenvalue weighted by molar-refractivity contribution is 5.13. The molecular formula is C9H14N2O. The van der Waals surface area contributed by atoms with E-state index in [1.54, 1.807) is 13.3 Å². The van der Waals surface area contributed by atoms with Crippen LogP contribution in [0.4, 0.5) is 0 Å². The third-order valence-electron chi connectivity index (χ3n) is 1.84. The standard InChI is InChI=1S/C9H14N2O/c1-7(12)3-4-9-5-10-6-11-8(9)2/h5-7,12H,3-4H2,1-2H3/t7-/m1/s1. The fourth-order valence-electron chi connectivity index (χ4n) is 1.03. The number of nitrogens with zero attached hydrogens (tertiary/aromatic N) is 2. The first kappa shape index (κ1) is 9.13. The first-order valence-electron chi connectivity index (χ1n) is 4.13. The fraction of sp³-hybridized carbons (Fsp3) is 0.556. The lowest BCUT2D eigenvalue weighted by molar-refractivity contribution is 0.185. The van der Waals surface area contributed by atoms with Crippen LogP contribution in [0.2, 0.25) is 0 Å². The summed E-state index contributed by atoms with van der Waals surface area (Å²) in [6.07, 6.45) is 4.73. The van der Waals surface area contributed by atoms with Gasteiger partial charge in [-0.3, -0.25) is 0 Å². The van der Waals surface area contributed by atoms with Crippen LogP contribution in [0.15, 0.2) is 12.5 Å². The summed E-state index contributed by atoms with van der Waals surface area (Å²) in [4.78, 5) is 8.00. The van der Waals surface area contributed by atoms with E-state index in [0.717, 1.165) is 24.1 Å². The molecule has 0 aliphatic carbocycles. The maximum atomic E-state index is 9.06. The minimum atomic E-state index is -0.246. The molecule has 0 fully saturated rings. The van der Waals surface area contributed by atoms with E-state index in [4.69, 9.17) is 5.11 Å². The number of aliphatic hydroxyl groups excluding tert-OH is 1.